The lowest BCUT2D eigenvalue weighted by atomic mass is 9.71. The Balaban J connectivity index is 2.42. The third-order valence-corrected chi connectivity index (χ3v) is 12.1. The summed E-state index contributed by atoms with van der Waals surface area (Å²) >= 11 is 0. The average molecular weight is 857 g/mol. The van der Waals surface area contributed by atoms with Gasteiger partial charge in [-0.1, -0.05) is 167 Å². The summed E-state index contributed by atoms with van der Waals surface area (Å²) in [7, 11) is 0. The molecule has 1 unspecified atom stereocenters. The molecule has 8 nitrogen and oxygen atoms in total. The molecule has 0 saturated carbocycles. The second-order valence-corrected chi connectivity index (χ2v) is 21.7. The number of nitrogens with zero attached hydrogens (tertiary/aromatic N) is 2. The summed E-state index contributed by atoms with van der Waals surface area (Å²) in [5.41, 5.74) is 2.03. The highest BCUT2D eigenvalue weighted by atomic mass is 16.6. The van der Waals surface area contributed by atoms with Crippen molar-refractivity contribution >= 4 is 11.9 Å². The van der Waals surface area contributed by atoms with Crippen LogP contribution in [0.25, 0.3) is 0 Å². The predicted molar refractivity (Wildman–Crippen MR) is 260 cm³/mol. The Morgan fingerprint density at radius 3 is 1.32 bits per heavy atom. The maximum Gasteiger partial charge on any atom is 0.311 e. The fraction of sp³-hybridized carbons (Fsp3) is 0.648. The molecule has 1 atom stereocenters. The van der Waals surface area contributed by atoms with E-state index in [2.05, 4.69) is 121 Å². The first-order chi connectivity index (χ1) is 28.8. The monoisotopic (exact) mass is 857 g/mol. The molecule has 3 aromatic rings. The summed E-state index contributed by atoms with van der Waals surface area (Å²) in [4.78, 5) is 16.1. The number of nitro benzene ring substituents is 1. The Hall–Kier alpha value is -3.91. The summed E-state index contributed by atoms with van der Waals surface area (Å²) in [6, 6.07) is 12.0. The molecule has 8 heteroatoms. The Kier molecular flexibility index (Phi) is 18.7. The van der Waals surface area contributed by atoms with Gasteiger partial charge in [-0.2, -0.15) is 0 Å². The highest BCUT2D eigenvalue weighted by molar-refractivity contribution is 5.85. The molecule has 0 amide bonds. The standard InChI is InChI=1S/C54H84N2O6/c1-16-18-20-22-24-26-31-61-48-42(50(4,5)6)33-40(34-43(48)51(7,8)9)54(58,38(3)55-37-39-29-28-30-46(47(39)57)56(59)60)41-35-44(52(10,11)12)49(45(36-41)53(13,14)15)62-32-27-25-23-21-19-17-2/h28-30,33-38,57-58H,16-27,31-32H2,1-15H3. The quantitative estimate of drug-likeness (QED) is 0.0450. The van der Waals surface area contributed by atoms with Gasteiger partial charge < -0.3 is 19.7 Å². The van der Waals surface area contributed by atoms with Crippen molar-refractivity contribution in [2.24, 2.45) is 4.99 Å². The Labute approximate surface area is 376 Å². The lowest BCUT2D eigenvalue weighted by Gasteiger charge is -2.39. The molecule has 2 N–H and O–H groups in total. The molecule has 0 aromatic heterocycles. The van der Waals surface area contributed by atoms with Crippen LogP contribution in [-0.4, -0.2) is 40.6 Å². The van der Waals surface area contributed by atoms with Crippen LogP contribution < -0.4 is 9.47 Å². The van der Waals surface area contributed by atoms with Gasteiger partial charge in [0.1, 0.15) is 17.1 Å². The van der Waals surface area contributed by atoms with Crippen LogP contribution in [0.2, 0.25) is 0 Å². The number of rotatable bonds is 22. The first-order valence-electron chi connectivity index (χ1n) is 23.7. The zero-order chi connectivity index (χ0) is 46.7. The Bertz CT molecular complexity index is 1770. The van der Waals surface area contributed by atoms with Crippen molar-refractivity contribution in [1.29, 1.82) is 0 Å². The number of aliphatic hydroxyl groups is 1. The van der Waals surface area contributed by atoms with Crippen LogP contribution in [0.1, 0.15) is 220 Å². The highest BCUT2D eigenvalue weighted by Crippen LogP contribution is 2.49. The summed E-state index contributed by atoms with van der Waals surface area (Å²) in [5.74, 6) is 1.27. The van der Waals surface area contributed by atoms with E-state index in [4.69, 9.17) is 14.5 Å². The Morgan fingerprint density at radius 2 is 0.984 bits per heavy atom. The molecule has 0 aliphatic heterocycles. The van der Waals surface area contributed by atoms with Crippen molar-refractivity contribution in [3.05, 3.63) is 91.5 Å². The molecular weight excluding hydrogens is 773 g/mol. The van der Waals surface area contributed by atoms with Crippen LogP contribution in [0, 0.1) is 10.1 Å². The number of hydrogen-bond donors (Lipinski definition) is 2. The second kappa shape index (κ2) is 22.1. The zero-order valence-corrected chi connectivity index (χ0v) is 41.5. The highest BCUT2D eigenvalue weighted by Gasteiger charge is 2.43. The van der Waals surface area contributed by atoms with Crippen molar-refractivity contribution in [1.82, 2.24) is 0 Å². The SMILES string of the molecule is CCCCCCCCOc1c(C(C)(C)C)cc(C(O)(c2cc(C(C)(C)C)c(OCCCCCCCC)c(C(C)(C)C)c2)C(C)N=Cc2cccc([N+](=O)[O-])c2O)cc1C(C)(C)C. The summed E-state index contributed by atoms with van der Waals surface area (Å²) < 4.78 is 13.6. The lowest BCUT2D eigenvalue weighted by molar-refractivity contribution is -0.385. The number of benzene rings is 3. The third-order valence-electron chi connectivity index (χ3n) is 12.1. The first-order valence-corrected chi connectivity index (χ1v) is 23.7. The van der Waals surface area contributed by atoms with Crippen molar-refractivity contribution < 1.29 is 24.6 Å². The van der Waals surface area contributed by atoms with Crippen LogP contribution in [0.4, 0.5) is 5.69 Å². The number of aromatic hydroxyl groups is 1. The summed E-state index contributed by atoms with van der Waals surface area (Å²) in [5, 5.41) is 36.6. The predicted octanol–water partition coefficient (Wildman–Crippen LogP) is 14.7. The van der Waals surface area contributed by atoms with Crippen LogP contribution in [0.5, 0.6) is 17.2 Å². The van der Waals surface area contributed by atoms with Gasteiger partial charge in [-0.25, -0.2) is 0 Å². The molecule has 0 aliphatic rings. The van der Waals surface area contributed by atoms with E-state index in [1.54, 1.807) is 6.07 Å². The number of unbranched alkanes of at least 4 members (excludes halogenated alkanes) is 10. The third kappa shape index (κ3) is 13.8. The van der Waals surface area contributed by atoms with E-state index in [1.807, 2.05) is 6.92 Å². The molecule has 0 spiro atoms. The van der Waals surface area contributed by atoms with Gasteiger partial charge in [0.2, 0.25) is 5.75 Å². The minimum absolute atomic E-state index is 0.196. The molecule has 3 aromatic carbocycles. The minimum atomic E-state index is -1.72. The van der Waals surface area contributed by atoms with Gasteiger partial charge in [0, 0.05) is 40.1 Å². The fourth-order valence-electron chi connectivity index (χ4n) is 8.10. The number of para-hydroxylation sites is 1. The van der Waals surface area contributed by atoms with E-state index in [0.717, 1.165) is 59.4 Å². The molecule has 62 heavy (non-hydrogen) atoms. The molecule has 0 fully saturated rings. The summed E-state index contributed by atoms with van der Waals surface area (Å²) in [6.07, 6.45) is 15.4. The number of nitro groups is 1. The van der Waals surface area contributed by atoms with Crippen molar-refractivity contribution in [3.8, 4) is 17.2 Å². The average Bonchev–Trinajstić information content (AvgIpc) is 3.17. The minimum Gasteiger partial charge on any atom is -0.502 e. The zero-order valence-electron chi connectivity index (χ0n) is 41.5. The maximum atomic E-state index is 13.9. The van der Waals surface area contributed by atoms with Gasteiger partial charge in [-0.05, 0) is 82.9 Å². The largest absolute Gasteiger partial charge is 0.502 e. The van der Waals surface area contributed by atoms with Crippen LogP contribution >= 0.6 is 0 Å². The first kappa shape index (κ1) is 52.4. The number of phenolic OH excluding ortho intramolecular Hbond substituents is 1. The van der Waals surface area contributed by atoms with Crippen molar-refractivity contribution in [2.75, 3.05) is 13.2 Å². The maximum absolute atomic E-state index is 13.9. The molecule has 3 rings (SSSR count). The van der Waals surface area contributed by atoms with Gasteiger partial charge in [-0.15, -0.1) is 0 Å². The number of aliphatic imine (C=N–C) groups is 1. The molecular formula is C54H84N2O6. The van der Waals surface area contributed by atoms with Gasteiger partial charge >= 0.3 is 5.69 Å². The summed E-state index contributed by atoms with van der Waals surface area (Å²) in [6.45, 7) is 33.8. The van der Waals surface area contributed by atoms with Crippen LogP contribution in [0.3, 0.4) is 0 Å². The van der Waals surface area contributed by atoms with Gasteiger partial charge in [-0.3, -0.25) is 15.1 Å². The topological polar surface area (TPSA) is 114 Å². The normalized spacial score (nSPS) is 13.5. The van der Waals surface area contributed by atoms with Crippen molar-refractivity contribution in [3.63, 3.8) is 0 Å². The molecule has 0 heterocycles. The van der Waals surface area contributed by atoms with Crippen LogP contribution in [0.15, 0.2) is 47.5 Å². The van der Waals surface area contributed by atoms with E-state index < -0.39 is 28.0 Å². The van der Waals surface area contributed by atoms with E-state index in [1.165, 1.54) is 69.7 Å². The van der Waals surface area contributed by atoms with E-state index in [9.17, 15) is 20.3 Å². The van der Waals surface area contributed by atoms with Gasteiger partial charge in [0.15, 0.2) is 0 Å². The number of hydrogen-bond acceptors (Lipinski definition) is 7. The van der Waals surface area contributed by atoms with Gasteiger partial charge in [0.25, 0.3) is 0 Å². The lowest BCUT2D eigenvalue weighted by Crippen LogP contribution is -2.40. The number of ether oxygens (including phenoxy) is 2. The van der Waals surface area contributed by atoms with E-state index in [0.29, 0.717) is 24.3 Å². The van der Waals surface area contributed by atoms with E-state index in [-0.39, 0.29) is 27.2 Å². The Morgan fingerprint density at radius 1 is 0.629 bits per heavy atom. The molecule has 0 radical (unpaired) electrons. The molecule has 346 valence electrons. The van der Waals surface area contributed by atoms with E-state index >= 15 is 0 Å². The van der Waals surface area contributed by atoms with Crippen molar-refractivity contribution in [2.45, 2.75) is 214 Å². The fourth-order valence-corrected chi connectivity index (χ4v) is 8.10. The number of phenols is 1. The molecule has 0 aliphatic carbocycles. The smallest absolute Gasteiger partial charge is 0.311 e. The molecule has 0 saturated heterocycles. The van der Waals surface area contributed by atoms with Crippen LogP contribution in [-0.2, 0) is 27.3 Å². The molecule has 0 bridgehead atoms. The second-order valence-electron chi connectivity index (χ2n) is 21.7. The van der Waals surface area contributed by atoms with Gasteiger partial charge in [0.05, 0.1) is 24.2 Å².